The van der Waals surface area contributed by atoms with Gasteiger partial charge in [-0.05, 0) is 43.9 Å². The first-order valence-electron chi connectivity index (χ1n) is 9.70. The number of anilines is 1. The van der Waals surface area contributed by atoms with E-state index in [0.717, 1.165) is 43.6 Å². The van der Waals surface area contributed by atoms with Gasteiger partial charge in [0.05, 0.1) is 12.1 Å². The van der Waals surface area contributed by atoms with E-state index in [-0.39, 0.29) is 30.7 Å². The molecule has 1 aliphatic heterocycles. The van der Waals surface area contributed by atoms with Crippen molar-refractivity contribution in [3.05, 3.63) is 29.8 Å². The molecule has 0 aromatic heterocycles. The molecule has 0 unspecified atom stereocenters. The number of hydrogen-bond donors (Lipinski definition) is 2. The summed E-state index contributed by atoms with van der Waals surface area (Å²) in [5, 5.41) is 5.84. The van der Waals surface area contributed by atoms with E-state index in [1.54, 1.807) is 4.90 Å². The molecule has 1 heterocycles. The summed E-state index contributed by atoms with van der Waals surface area (Å²) < 4.78 is 5.73. The fourth-order valence-corrected chi connectivity index (χ4v) is 3.61. The third kappa shape index (κ3) is 4.97. The van der Waals surface area contributed by atoms with Crippen molar-refractivity contribution in [2.45, 2.75) is 57.6 Å². The van der Waals surface area contributed by atoms with Crippen LogP contribution in [0.3, 0.4) is 0 Å². The average molecular weight is 359 g/mol. The minimum absolute atomic E-state index is 0.0507. The molecule has 1 saturated heterocycles. The van der Waals surface area contributed by atoms with Gasteiger partial charge in [0.15, 0.2) is 0 Å². The quantitative estimate of drug-likeness (QED) is 0.820. The Balaban J connectivity index is 1.48. The monoisotopic (exact) mass is 359 g/mol. The smallest absolute Gasteiger partial charge is 0.321 e. The number of nitrogens with one attached hydrogen (secondary N) is 2. The Labute approximate surface area is 155 Å². The lowest BCUT2D eigenvalue weighted by Gasteiger charge is -2.27. The van der Waals surface area contributed by atoms with E-state index in [0.29, 0.717) is 0 Å². The number of benzene rings is 1. The van der Waals surface area contributed by atoms with Crippen LogP contribution in [0.5, 0.6) is 0 Å². The lowest BCUT2D eigenvalue weighted by molar-refractivity contribution is -0.129. The molecule has 2 fully saturated rings. The van der Waals surface area contributed by atoms with Crippen molar-refractivity contribution in [3.8, 4) is 0 Å². The topological polar surface area (TPSA) is 70.7 Å². The average Bonchev–Trinajstić information content (AvgIpc) is 2.68. The van der Waals surface area contributed by atoms with Crippen molar-refractivity contribution in [1.82, 2.24) is 10.6 Å². The molecule has 142 valence electrons. The molecular formula is C20H29N3O3. The van der Waals surface area contributed by atoms with Gasteiger partial charge in [-0.2, -0.15) is 0 Å². The molecule has 1 atom stereocenters. The zero-order chi connectivity index (χ0) is 18.4. The van der Waals surface area contributed by atoms with Gasteiger partial charge < -0.3 is 15.4 Å². The number of nitrogens with zero attached hydrogens (tertiary/aromatic N) is 1. The molecule has 3 rings (SSSR count). The Hall–Kier alpha value is -2.08. The third-order valence-corrected chi connectivity index (χ3v) is 5.16. The molecule has 3 amide bonds. The fourth-order valence-electron chi connectivity index (χ4n) is 3.61. The van der Waals surface area contributed by atoms with Gasteiger partial charge in [-0.25, -0.2) is 4.79 Å². The van der Waals surface area contributed by atoms with Gasteiger partial charge in [0, 0.05) is 18.8 Å². The Morgan fingerprint density at radius 2 is 1.96 bits per heavy atom. The summed E-state index contributed by atoms with van der Waals surface area (Å²) in [7, 11) is 0. The van der Waals surface area contributed by atoms with Crippen LogP contribution >= 0.6 is 0 Å². The lowest BCUT2D eigenvalue weighted by Crippen LogP contribution is -2.46. The molecule has 1 saturated carbocycles. The molecule has 1 aromatic carbocycles. The van der Waals surface area contributed by atoms with Gasteiger partial charge >= 0.3 is 6.03 Å². The second-order valence-electron chi connectivity index (χ2n) is 7.19. The number of hydrogen-bond acceptors (Lipinski definition) is 3. The maximum atomic E-state index is 12.1. The van der Waals surface area contributed by atoms with E-state index < -0.39 is 0 Å². The Kier molecular flexibility index (Phi) is 6.50. The van der Waals surface area contributed by atoms with Crippen LogP contribution in [0.2, 0.25) is 0 Å². The number of amides is 3. The summed E-state index contributed by atoms with van der Waals surface area (Å²) in [6, 6.07) is 7.64. The lowest BCUT2D eigenvalue weighted by atomic mass is 9.98. The van der Waals surface area contributed by atoms with Gasteiger partial charge in [-0.1, -0.05) is 31.4 Å². The summed E-state index contributed by atoms with van der Waals surface area (Å²) in [6.45, 7) is 3.55. The molecule has 6 heteroatoms. The minimum Gasteiger partial charge on any atom is -0.368 e. The van der Waals surface area contributed by atoms with Crippen molar-refractivity contribution < 1.29 is 14.3 Å². The maximum Gasteiger partial charge on any atom is 0.321 e. The second-order valence-corrected chi connectivity index (χ2v) is 7.19. The maximum absolute atomic E-state index is 12.1. The van der Waals surface area contributed by atoms with Crippen LogP contribution in [-0.2, 0) is 9.53 Å². The molecule has 2 N–H and O–H groups in total. The molecule has 1 aromatic rings. The Morgan fingerprint density at radius 1 is 1.23 bits per heavy atom. The molecule has 2 aliphatic rings. The molecule has 1 aliphatic carbocycles. The van der Waals surface area contributed by atoms with Crippen LogP contribution < -0.4 is 15.5 Å². The highest BCUT2D eigenvalue weighted by atomic mass is 16.5. The first kappa shape index (κ1) is 18.7. The largest absolute Gasteiger partial charge is 0.368 e. The number of carbonyl (C=O) groups is 2. The SMILES string of the molecule is C[C@@H](NC(=O)COC1CCCCC1)c1ccc(N2CCCNC2=O)cc1. The first-order chi connectivity index (χ1) is 12.6. The van der Waals surface area contributed by atoms with Crippen molar-refractivity contribution in [3.63, 3.8) is 0 Å². The highest BCUT2D eigenvalue weighted by Crippen LogP contribution is 2.22. The van der Waals surface area contributed by atoms with Crippen LogP contribution in [0.4, 0.5) is 10.5 Å². The highest BCUT2D eigenvalue weighted by molar-refractivity contribution is 5.92. The summed E-state index contributed by atoms with van der Waals surface area (Å²) >= 11 is 0. The molecule has 0 bridgehead atoms. The van der Waals surface area contributed by atoms with Gasteiger partial charge in [0.25, 0.3) is 0 Å². The number of ether oxygens (including phenoxy) is 1. The predicted molar refractivity (Wildman–Crippen MR) is 101 cm³/mol. The summed E-state index contributed by atoms with van der Waals surface area (Å²) in [5.41, 5.74) is 1.89. The van der Waals surface area contributed by atoms with Gasteiger partial charge in [-0.15, -0.1) is 0 Å². The Morgan fingerprint density at radius 3 is 2.65 bits per heavy atom. The fraction of sp³-hybridized carbons (Fsp3) is 0.600. The van der Waals surface area contributed by atoms with Gasteiger partial charge in [0.2, 0.25) is 5.91 Å². The predicted octanol–water partition coefficient (Wildman–Crippen LogP) is 3.13. The van der Waals surface area contributed by atoms with E-state index in [9.17, 15) is 9.59 Å². The summed E-state index contributed by atoms with van der Waals surface area (Å²) in [5.74, 6) is -0.0810. The van der Waals surface area contributed by atoms with Crippen LogP contribution in [-0.4, -0.2) is 37.7 Å². The number of rotatable bonds is 6. The van der Waals surface area contributed by atoms with Crippen LogP contribution in [0, 0.1) is 0 Å². The van der Waals surface area contributed by atoms with E-state index in [1.807, 2.05) is 31.2 Å². The molecule has 26 heavy (non-hydrogen) atoms. The highest BCUT2D eigenvalue weighted by Gasteiger charge is 2.20. The molecule has 0 radical (unpaired) electrons. The standard InChI is InChI=1S/C20H29N3O3/c1-15(22-19(24)14-26-18-6-3-2-4-7-18)16-8-10-17(11-9-16)23-13-5-12-21-20(23)25/h8-11,15,18H,2-7,12-14H2,1H3,(H,21,25)(H,22,24)/t15-/m1/s1. The zero-order valence-electron chi connectivity index (χ0n) is 15.5. The van der Waals surface area contributed by atoms with E-state index >= 15 is 0 Å². The summed E-state index contributed by atoms with van der Waals surface area (Å²) in [4.78, 5) is 25.8. The zero-order valence-corrected chi connectivity index (χ0v) is 15.5. The van der Waals surface area contributed by atoms with Crippen molar-refractivity contribution in [2.75, 3.05) is 24.6 Å². The number of carbonyl (C=O) groups excluding carboxylic acids is 2. The van der Waals surface area contributed by atoms with Gasteiger partial charge in [-0.3, -0.25) is 9.69 Å². The number of urea groups is 1. The van der Waals surface area contributed by atoms with Crippen LogP contribution in [0.1, 0.15) is 57.1 Å². The van der Waals surface area contributed by atoms with Crippen LogP contribution in [0.25, 0.3) is 0 Å². The van der Waals surface area contributed by atoms with Crippen molar-refractivity contribution in [1.29, 1.82) is 0 Å². The van der Waals surface area contributed by atoms with Crippen LogP contribution in [0.15, 0.2) is 24.3 Å². The van der Waals surface area contributed by atoms with E-state index in [2.05, 4.69) is 10.6 Å². The first-order valence-corrected chi connectivity index (χ1v) is 9.70. The normalized spacial score (nSPS) is 19.7. The molecule has 6 nitrogen and oxygen atoms in total. The Bertz CT molecular complexity index is 611. The molecule has 0 spiro atoms. The van der Waals surface area contributed by atoms with Crippen molar-refractivity contribution in [2.24, 2.45) is 0 Å². The minimum atomic E-state index is -0.0957. The van der Waals surface area contributed by atoms with E-state index in [4.69, 9.17) is 4.74 Å². The summed E-state index contributed by atoms with van der Waals surface area (Å²) in [6.07, 6.45) is 6.98. The second kappa shape index (κ2) is 9.03. The molecular weight excluding hydrogens is 330 g/mol. The third-order valence-electron chi connectivity index (χ3n) is 5.16. The van der Waals surface area contributed by atoms with Crippen molar-refractivity contribution >= 4 is 17.6 Å². The van der Waals surface area contributed by atoms with Gasteiger partial charge in [0.1, 0.15) is 6.61 Å². The van der Waals surface area contributed by atoms with E-state index in [1.165, 1.54) is 19.3 Å².